The van der Waals surface area contributed by atoms with Gasteiger partial charge in [-0.05, 0) is 49.1 Å². The van der Waals surface area contributed by atoms with Gasteiger partial charge in [-0.3, -0.25) is 0 Å². The molecule has 0 saturated heterocycles. The minimum Gasteiger partial charge on any atom is -0.478 e. The summed E-state index contributed by atoms with van der Waals surface area (Å²) in [6.07, 6.45) is 3.33. The van der Waals surface area contributed by atoms with Crippen LogP contribution < -0.4 is 0 Å². The Hall–Kier alpha value is -2.08. The van der Waals surface area contributed by atoms with Gasteiger partial charge in [-0.15, -0.1) is 0 Å². The van der Waals surface area contributed by atoms with Gasteiger partial charge in [0.1, 0.15) is 0 Å². The van der Waals surface area contributed by atoms with Crippen molar-refractivity contribution in [3.8, 4) is 6.07 Å². The molecular weight excluding hydrogens is 202 g/mol. The summed E-state index contributed by atoms with van der Waals surface area (Å²) in [5.74, 6) is -0.941. The van der Waals surface area contributed by atoms with Crippen LogP contribution in [0.5, 0.6) is 0 Å². The molecule has 3 nitrogen and oxygen atoms in total. The van der Waals surface area contributed by atoms with E-state index in [1.165, 1.54) is 0 Å². The number of allylic oxidation sites excluding steroid dienone is 1. The minimum absolute atomic E-state index is 0.579. The number of carbonyl (C=O) groups is 1. The third-order valence-corrected chi connectivity index (χ3v) is 2.41. The Bertz CT molecular complexity index is 458. The van der Waals surface area contributed by atoms with Gasteiger partial charge in [-0.1, -0.05) is 6.08 Å². The normalized spacial score (nSPS) is 10.3. The molecule has 1 aromatic rings. The highest BCUT2D eigenvalue weighted by Gasteiger charge is 2.03. The van der Waals surface area contributed by atoms with Gasteiger partial charge < -0.3 is 5.11 Å². The maximum atomic E-state index is 10.3. The summed E-state index contributed by atoms with van der Waals surface area (Å²) >= 11 is 0. The number of aryl methyl sites for hydroxylation is 2. The zero-order chi connectivity index (χ0) is 12.1. The smallest absolute Gasteiger partial charge is 0.327 e. The monoisotopic (exact) mass is 215 g/mol. The fraction of sp³-hybridized carbons (Fsp3) is 0.231. The molecule has 0 aliphatic heterocycles. The number of hydrogen-bond donors (Lipinski definition) is 1. The molecular formula is C13H13NO2. The predicted octanol–water partition coefficient (Wildman–Crippen LogP) is 2.36. The number of nitriles is 1. The van der Waals surface area contributed by atoms with E-state index in [2.05, 4.69) is 6.07 Å². The second-order valence-corrected chi connectivity index (χ2v) is 3.65. The summed E-state index contributed by atoms with van der Waals surface area (Å²) in [5.41, 5.74) is 3.76. The van der Waals surface area contributed by atoms with Crippen LogP contribution in [0.3, 0.4) is 0 Å². The van der Waals surface area contributed by atoms with Crippen LogP contribution in [0.25, 0.3) is 0 Å². The molecule has 1 aromatic carbocycles. The van der Waals surface area contributed by atoms with E-state index in [-0.39, 0.29) is 0 Å². The van der Waals surface area contributed by atoms with Crippen molar-refractivity contribution in [1.29, 1.82) is 5.26 Å². The van der Waals surface area contributed by atoms with Crippen LogP contribution in [-0.2, 0) is 11.2 Å². The molecule has 0 saturated carbocycles. The third kappa shape index (κ3) is 2.96. The first-order valence-electron chi connectivity index (χ1n) is 4.94. The van der Waals surface area contributed by atoms with Crippen LogP contribution in [-0.4, -0.2) is 11.1 Å². The lowest BCUT2D eigenvalue weighted by Gasteiger charge is -2.07. The molecule has 1 rings (SSSR count). The summed E-state index contributed by atoms with van der Waals surface area (Å²) in [7, 11) is 0. The minimum atomic E-state index is -0.941. The highest BCUT2D eigenvalue weighted by Crippen LogP contribution is 2.17. The van der Waals surface area contributed by atoms with Crippen molar-refractivity contribution < 1.29 is 9.90 Å². The summed E-state index contributed by atoms with van der Waals surface area (Å²) in [6.45, 7) is 3.86. The van der Waals surface area contributed by atoms with Crippen LogP contribution in [0.4, 0.5) is 0 Å². The van der Waals surface area contributed by atoms with Crippen LogP contribution in [0.15, 0.2) is 24.3 Å². The second kappa shape index (κ2) is 5.13. The zero-order valence-corrected chi connectivity index (χ0v) is 9.32. The van der Waals surface area contributed by atoms with Crippen molar-refractivity contribution in [3.63, 3.8) is 0 Å². The first kappa shape index (κ1) is 12.0. The molecule has 16 heavy (non-hydrogen) atoms. The van der Waals surface area contributed by atoms with E-state index in [1.807, 2.05) is 26.0 Å². The molecule has 0 fully saturated rings. The maximum absolute atomic E-state index is 10.3. The lowest BCUT2D eigenvalue weighted by atomic mass is 9.97. The van der Waals surface area contributed by atoms with Crippen LogP contribution in [0.2, 0.25) is 0 Å². The number of benzene rings is 1. The number of hydrogen-bond acceptors (Lipinski definition) is 2. The summed E-state index contributed by atoms with van der Waals surface area (Å²) < 4.78 is 0. The first-order chi connectivity index (χ1) is 7.54. The molecule has 0 atom stereocenters. The van der Waals surface area contributed by atoms with Crippen molar-refractivity contribution in [2.45, 2.75) is 20.3 Å². The fourth-order valence-corrected chi connectivity index (χ4v) is 1.66. The molecule has 0 aliphatic rings. The Labute approximate surface area is 94.6 Å². The first-order valence-corrected chi connectivity index (χ1v) is 4.94. The molecule has 0 amide bonds. The highest BCUT2D eigenvalue weighted by molar-refractivity contribution is 5.79. The van der Waals surface area contributed by atoms with E-state index < -0.39 is 5.97 Å². The van der Waals surface area contributed by atoms with Gasteiger partial charge in [0.15, 0.2) is 0 Å². The third-order valence-electron chi connectivity index (χ3n) is 2.41. The SMILES string of the molecule is Cc1cc(C#N)cc(C)c1CC=CC(=O)O. The number of carboxylic acid groups (broad SMARTS) is 1. The van der Waals surface area contributed by atoms with Crippen molar-refractivity contribution in [1.82, 2.24) is 0 Å². The maximum Gasteiger partial charge on any atom is 0.327 e. The van der Waals surface area contributed by atoms with Crippen LogP contribution >= 0.6 is 0 Å². The Morgan fingerprint density at radius 1 is 1.44 bits per heavy atom. The largest absolute Gasteiger partial charge is 0.478 e. The van der Waals surface area contributed by atoms with Crippen molar-refractivity contribution in [3.05, 3.63) is 46.5 Å². The van der Waals surface area contributed by atoms with Crippen molar-refractivity contribution >= 4 is 5.97 Å². The topological polar surface area (TPSA) is 61.1 Å². The molecule has 1 N–H and O–H groups in total. The number of carboxylic acids is 1. The number of rotatable bonds is 3. The lowest BCUT2D eigenvalue weighted by Crippen LogP contribution is -1.95. The molecule has 3 heteroatoms. The standard InChI is InChI=1S/C13H13NO2/c1-9-6-11(8-14)7-10(2)12(9)4-3-5-13(15)16/h3,5-7H,4H2,1-2H3,(H,15,16). The lowest BCUT2D eigenvalue weighted by molar-refractivity contribution is -0.131. The quantitative estimate of drug-likeness (QED) is 0.787. The number of aliphatic carboxylic acids is 1. The highest BCUT2D eigenvalue weighted by atomic mass is 16.4. The van der Waals surface area contributed by atoms with Gasteiger partial charge >= 0.3 is 5.97 Å². The van der Waals surface area contributed by atoms with Crippen molar-refractivity contribution in [2.24, 2.45) is 0 Å². The van der Waals surface area contributed by atoms with Gasteiger partial charge in [0.25, 0.3) is 0 Å². The molecule has 0 spiro atoms. The Morgan fingerprint density at radius 2 is 2.00 bits per heavy atom. The average molecular weight is 215 g/mol. The number of nitrogens with zero attached hydrogens (tertiary/aromatic N) is 1. The molecule has 0 heterocycles. The van der Waals surface area contributed by atoms with Gasteiger partial charge in [-0.2, -0.15) is 5.26 Å². The fourth-order valence-electron chi connectivity index (χ4n) is 1.66. The van der Waals surface area contributed by atoms with E-state index in [0.717, 1.165) is 22.8 Å². The van der Waals surface area contributed by atoms with E-state index >= 15 is 0 Å². The molecule has 0 aromatic heterocycles. The molecule has 82 valence electrons. The van der Waals surface area contributed by atoms with E-state index in [1.54, 1.807) is 6.08 Å². The van der Waals surface area contributed by atoms with Gasteiger partial charge in [-0.25, -0.2) is 4.79 Å². The van der Waals surface area contributed by atoms with Crippen LogP contribution in [0, 0.1) is 25.2 Å². The molecule has 0 radical (unpaired) electrons. The van der Waals surface area contributed by atoms with Gasteiger partial charge in [0.2, 0.25) is 0 Å². The molecule has 0 bridgehead atoms. The average Bonchev–Trinajstić information content (AvgIpc) is 2.21. The van der Waals surface area contributed by atoms with Crippen molar-refractivity contribution in [2.75, 3.05) is 0 Å². The Morgan fingerprint density at radius 3 is 2.44 bits per heavy atom. The van der Waals surface area contributed by atoms with E-state index in [0.29, 0.717) is 12.0 Å². The van der Waals surface area contributed by atoms with E-state index in [4.69, 9.17) is 10.4 Å². The Kier molecular flexibility index (Phi) is 3.84. The molecule has 0 aliphatic carbocycles. The Balaban J connectivity index is 2.98. The zero-order valence-electron chi connectivity index (χ0n) is 9.32. The van der Waals surface area contributed by atoms with E-state index in [9.17, 15) is 4.79 Å². The van der Waals surface area contributed by atoms with Gasteiger partial charge in [0.05, 0.1) is 11.6 Å². The molecule has 0 unspecified atom stereocenters. The summed E-state index contributed by atoms with van der Waals surface area (Å²) in [5, 5.41) is 17.3. The second-order valence-electron chi connectivity index (χ2n) is 3.65. The summed E-state index contributed by atoms with van der Waals surface area (Å²) in [6, 6.07) is 5.73. The van der Waals surface area contributed by atoms with Crippen LogP contribution in [0.1, 0.15) is 22.3 Å². The van der Waals surface area contributed by atoms with Gasteiger partial charge in [0, 0.05) is 6.08 Å². The summed E-state index contributed by atoms with van der Waals surface area (Å²) in [4.78, 5) is 10.3. The predicted molar refractivity (Wildman–Crippen MR) is 61.1 cm³/mol.